The Bertz CT molecular complexity index is 515. The van der Waals surface area contributed by atoms with Gasteiger partial charge in [-0.15, -0.1) is 0 Å². The fraction of sp³-hybridized carbons (Fsp3) is 0.467. The van der Waals surface area contributed by atoms with Gasteiger partial charge in [0.1, 0.15) is 0 Å². The van der Waals surface area contributed by atoms with Gasteiger partial charge in [0.15, 0.2) is 17.7 Å². The Labute approximate surface area is 122 Å². The van der Waals surface area contributed by atoms with Gasteiger partial charge in [-0.25, -0.2) is 4.39 Å². The van der Waals surface area contributed by atoms with Crippen LogP contribution in [0.15, 0.2) is 24.3 Å². The molecule has 1 aliphatic carbocycles. The predicted molar refractivity (Wildman–Crippen MR) is 74.7 cm³/mol. The second kappa shape index (κ2) is 7.06. The number of nitrogens with one attached hydrogen (secondary N) is 2. The highest BCUT2D eigenvalue weighted by Crippen LogP contribution is 2.24. The van der Waals surface area contributed by atoms with Crippen LogP contribution >= 0.6 is 0 Å². The SMILES string of the molecule is C[C@H](Oc1ccccc1F)C(=O)NNC(=O)C1CCCC1. The largest absolute Gasteiger partial charge is 0.478 e. The maximum Gasteiger partial charge on any atom is 0.279 e. The van der Waals surface area contributed by atoms with Gasteiger partial charge < -0.3 is 4.74 Å². The molecule has 0 aliphatic heterocycles. The summed E-state index contributed by atoms with van der Waals surface area (Å²) >= 11 is 0. The maximum atomic E-state index is 13.4. The van der Waals surface area contributed by atoms with Crippen molar-refractivity contribution in [1.82, 2.24) is 10.9 Å². The Morgan fingerprint density at radius 2 is 1.90 bits per heavy atom. The monoisotopic (exact) mass is 294 g/mol. The van der Waals surface area contributed by atoms with Crippen molar-refractivity contribution in [2.24, 2.45) is 5.92 Å². The molecule has 0 unspecified atom stereocenters. The molecule has 1 saturated carbocycles. The molecule has 0 saturated heterocycles. The first-order chi connectivity index (χ1) is 10.1. The molecule has 0 heterocycles. The molecule has 6 heteroatoms. The van der Waals surface area contributed by atoms with E-state index in [-0.39, 0.29) is 17.6 Å². The molecule has 1 fully saturated rings. The molecular weight excluding hydrogens is 275 g/mol. The first kappa shape index (κ1) is 15.3. The van der Waals surface area contributed by atoms with E-state index in [0.29, 0.717) is 0 Å². The van der Waals surface area contributed by atoms with Crippen LogP contribution in [0, 0.1) is 11.7 Å². The van der Waals surface area contributed by atoms with E-state index in [1.165, 1.54) is 25.1 Å². The maximum absolute atomic E-state index is 13.4. The third-order valence-electron chi connectivity index (χ3n) is 3.54. The molecule has 114 valence electrons. The molecule has 2 rings (SSSR count). The molecular formula is C15H19FN2O3. The highest BCUT2D eigenvalue weighted by molar-refractivity contribution is 5.85. The van der Waals surface area contributed by atoms with Crippen LogP contribution in [-0.2, 0) is 9.59 Å². The number of halogens is 1. The highest BCUT2D eigenvalue weighted by Gasteiger charge is 2.24. The van der Waals surface area contributed by atoms with Crippen molar-refractivity contribution in [1.29, 1.82) is 0 Å². The van der Waals surface area contributed by atoms with E-state index in [0.717, 1.165) is 25.7 Å². The van der Waals surface area contributed by atoms with Gasteiger partial charge in [-0.1, -0.05) is 25.0 Å². The molecule has 1 atom stereocenters. The molecule has 0 bridgehead atoms. The van der Waals surface area contributed by atoms with Crippen molar-refractivity contribution in [3.05, 3.63) is 30.1 Å². The number of carbonyl (C=O) groups is 2. The number of rotatable bonds is 4. The fourth-order valence-corrected chi connectivity index (χ4v) is 2.30. The lowest BCUT2D eigenvalue weighted by molar-refractivity contribution is -0.134. The summed E-state index contributed by atoms with van der Waals surface area (Å²) in [5, 5.41) is 0. The van der Waals surface area contributed by atoms with Crippen LogP contribution in [-0.4, -0.2) is 17.9 Å². The lowest BCUT2D eigenvalue weighted by Gasteiger charge is -2.16. The lowest BCUT2D eigenvalue weighted by Crippen LogP contribution is -2.48. The number of amides is 2. The highest BCUT2D eigenvalue weighted by atomic mass is 19.1. The number of para-hydroxylation sites is 1. The van der Waals surface area contributed by atoms with Crippen molar-refractivity contribution in [3.63, 3.8) is 0 Å². The van der Waals surface area contributed by atoms with Gasteiger partial charge in [-0.05, 0) is 31.9 Å². The van der Waals surface area contributed by atoms with Gasteiger partial charge in [0.2, 0.25) is 5.91 Å². The smallest absolute Gasteiger partial charge is 0.279 e. The number of carbonyl (C=O) groups excluding carboxylic acids is 2. The van der Waals surface area contributed by atoms with Gasteiger partial charge in [-0.2, -0.15) is 0 Å². The number of ether oxygens (including phenoxy) is 1. The van der Waals surface area contributed by atoms with Crippen LogP contribution in [0.4, 0.5) is 4.39 Å². The molecule has 1 aromatic carbocycles. The van der Waals surface area contributed by atoms with Gasteiger partial charge >= 0.3 is 0 Å². The molecule has 1 aromatic rings. The summed E-state index contributed by atoms with van der Waals surface area (Å²) in [6.07, 6.45) is 2.87. The minimum atomic E-state index is -0.911. The second-order valence-electron chi connectivity index (χ2n) is 5.15. The molecule has 0 radical (unpaired) electrons. The minimum absolute atomic E-state index is 0.00210. The third kappa shape index (κ3) is 4.18. The normalized spacial score (nSPS) is 16.3. The molecule has 1 aliphatic rings. The Balaban J connectivity index is 1.80. The first-order valence-electron chi connectivity index (χ1n) is 7.09. The number of hydrogen-bond acceptors (Lipinski definition) is 3. The van der Waals surface area contributed by atoms with Gasteiger partial charge in [0.25, 0.3) is 5.91 Å². The third-order valence-corrected chi connectivity index (χ3v) is 3.54. The Morgan fingerprint density at radius 1 is 1.24 bits per heavy atom. The average Bonchev–Trinajstić information content (AvgIpc) is 3.01. The quantitative estimate of drug-likeness (QED) is 0.834. The molecule has 0 aromatic heterocycles. The summed E-state index contributed by atoms with van der Waals surface area (Å²) in [6.45, 7) is 1.49. The average molecular weight is 294 g/mol. The van der Waals surface area contributed by atoms with Crippen LogP contribution in [0.25, 0.3) is 0 Å². The van der Waals surface area contributed by atoms with E-state index in [4.69, 9.17) is 4.74 Å². The zero-order valence-electron chi connectivity index (χ0n) is 11.9. The first-order valence-corrected chi connectivity index (χ1v) is 7.09. The fourth-order valence-electron chi connectivity index (χ4n) is 2.30. The summed E-state index contributed by atoms with van der Waals surface area (Å²) in [5.41, 5.74) is 4.71. The molecule has 2 N–H and O–H groups in total. The summed E-state index contributed by atoms with van der Waals surface area (Å²) in [7, 11) is 0. The van der Waals surface area contributed by atoms with Crippen molar-refractivity contribution in [2.45, 2.75) is 38.7 Å². The Morgan fingerprint density at radius 3 is 2.57 bits per heavy atom. The summed E-state index contributed by atoms with van der Waals surface area (Å²) in [6, 6.07) is 5.84. The molecule has 0 spiro atoms. The van der Waals surface area contributed by atoms with Gasteiger partial charge in [-0.3, -0.25) is 20.4 Å². The van der Waals surface area contributed by atoms with E-state index in [2.05, 4.69) is 10.9 Å². The molecule has 21 heavy (non-hydrogen) atoms. The van der Waals surface area contributed by atoms with E-state index in [1.54, 1.807) is 6.07 Å². The number of hydrazine groups is 1. The van der Waals surface area contributed by atoms with Crippen LogP contribution in [0.5, 0.6) is 5.75 Å². The molecule has 5 nitrogen and oxygen atoms in total. The summed E-state index contributed by atoms with van der Waals surface area (Å²) < 4.78 is 18.6. The molecule has 2 amide bonds. The number of hydrogen-bond donors (Lipinski definition) is 2. The zero-order valence-corrected chi connectivity index (χ0v) is 11.9. The zero-order chi connectivity index (χ0) is 15.2. The van der Waals surface area contributed by atoms with Gasteiger partial charge in [0.05, 0.1) is 0 Å². The lowest BCUT2D eigenvalue weighted by atomic mass is 10.1. The topological polar surface area (TPSA) is 67.4 Å². The van der Waals surface area contributed by atoms with Crippen molar-refractivity contribution in [2.75, 3.05) is 0 Å². The standard InChI is InChI=1S/C15H19FN2O3/c1-10(21-13-9-5-4-8-12(13)16)14(19)17-18-15(20)11-6-2-3-7-11/h4-5,8-11H,2-3,6-7H2,1H3,(H,17,19)(H,18,20)/t10-/m0/s1. The second-order valence-corrected chi connectivity index (χ2v) is 5.15. The number of benzene rings is 1. The Hall–Kier alpha value is -2.11. The van der Waals surface area contributed by atoms with Crippen molar-refractivity contribution in [3.8, 4) is 5.75 Å². The van der Waals surface area contributed by atoms with Crippen LogP contribution in [0.1, 0.15) is 32.6 Å². The van der Waals surface area contributed by atoms with Gasteiger partial charge in [0, 0.05) is 5.92 Å². The predicted octanol–water partition coefficient (Wildman–Crippen LogP) is 1.93. The van der Waals surface area contributed by atoms with Crippen LogP contribution in [0.3, 0.4) is 0 Å². The summed E-state index contributed by atoms with van der Waals surface area (Å²) in [5.74, 6) is -1.27. The van der Waals surface area contributed by atoms with E-state index in [1.807, 2.05) is 0 Å². The van der Waals surface area contributed by atoms with E-state index in [9.17, 15) is 14.0 Å². The summed E-state index contributed by atoms with van der Waals surface area (Å²) in [4.78, 5) is 23.6. The van der Waals surface area contributed by atoms with Crippen molar-refractivity contribution >= 4 is 11.8 Å². The van der Waals surface area contributed by atoms with E-state index >= 15 is 0 Å². The minimum Gasteiger partial charge on any atom is -0.478 e. The van der Waals surface area contributed by atoms with Crippen LogP contribution < -0.4 is 15.6 Å². The van der Waals surface area contributed by atoms with E-state index < -0.39 is 17.8 Å². The Kier molecular flexibility index (Phi) is 5.14. The van der Waals surface area contributed by atoms with Crippen LogP contribution in [0.2, 0.25) is 0 Å². The van der Waals surface area contributed by atoms with Crippen molar-refractivity contribution < 1.29 is 18.7 Å².